The van der Waals surface area contributed by atoms with E-state index in [0.717, 1.165) is 0 Å². The fraction of sp³-hybridized carbons (Fsp3) is 0.800. The number of hydrogen-bond acceptors (Lipinski definition) is 9. The number of hydrogen-bond donors (Lipinski definition) is 4. The molecule has 0 aromatic heterocycles. The van der Waals surface area contributed by atoms with Crippen LogP contribution in [0.3, 0.4) is 0 Å². The molecular weight excluding hydrogens is 384 g/mol. The first-order valence-corrected chi connectivity index (χ1v) is 9.87. The molecule has 9 unspecified atom stereocenters. The Morgan fingerprint density at radius 3 is 2.28 bits per heavy atom. The Morgan fingerprint density at radius 2 is 1.79 bits per heavy atom. The summed E-state index contributed by atoms with van der Waals surface area (Å²) in [5.74, 6) is -2.95. The molecule has 9 atom stereocenters. The molecule has 1 saturated heterocycles. The Hall–Kier alpha value is -1.52. The van der Waals surface area contributed by atoms with Crippen LogP contribution in [0, 0.1) is 17.3 Å². The maximum absolute atomic E-state index is 12.7. The molecule has 2 aliphatic carbocycles. The summed E-state index contributed by atoms with van der Waals surface area (Å²) in [6.45, 7) is 6.42. The normalized spacial score (nSPS) is 49.7. The van der Waals surface area contributed by atoms with Crippen LogP contribution >= 0.6 is 0 Å². The Kier molecular flexibility index (Phi) is 4.30. The largest absolute Gasteiger partial charge is 0.455 e. The van der Waals surface area contributed by atoms with E-state index in [1.165, 1.54) is 14.0 Å². The van der Waals surface area contributed by atoms with Gasteiger partial charge in [-0.25, -0.2) is 4.79 Å². The zero-order valence-corrected chi connectivity index (χ0v) is 17.1. The van der Waals surface area contributed by atoms with Crippen molar-refractivity contribution in [3.05, 3.63) is 11.1 Å². The van der Waals surface area contributed by atoms with Crippen LogP contribution in [0.25, 0.3) is 0 Å². The summed E-state index contributed by atoms with van der Waals surface area (Å²) in [4.78, 5) is 25.3. The van der Waals surface area contributed by atoms with Crippen LogP contribution < -0.4 is 0 Å². The summed E-state index contributed by atoms with van der Waals surface area (Å²) in [5, 5.41) is 43.9. The van der Waals surface area contributed by atoms with Gasteiger partial charge in [0.25, 0.3) is 0 Å². The molecule has 0 aromatic carbocycles. The van der Waals surface area contributed by atoms with Gasteiger partial charge < -0.3 is 34.6 Å². The molecule has 2 heterocycles. The van der Waals surface area contributed by atoms with E-state index in [4.69, 9.17) is 14.2 Å². The second-order valence-electron chi connectivity index (χ2n) is 9.20. The zero-order chi connectivity index (χ0) is 21.7. The maximum atomic E-state index is 12.7. The molecule has 1 saturated carbocycles. The van der Waals surface area contributed by atoms with Gasteiger partial charge in [-0.3, -0.25) is 4.79 Å². The van der Waals surface area contributed by atoms with Gasteiger partial charge in [-0.1, -0.05) is 13.8 Å². The first-order chi connectivity index (χ1) is 13.4. The Bertz CT molecular complexity index is 804. The number of rotatable bonds is 3. The molecule has 4 N–H and O–H groups in total. The molecule has 0 amide bonds. The summed E-state index contributed by atoms with van der Waals surface area (Å²) in [6.07, 6.45) is -6.29. The predicted octanol–water partition coefficient (Wildman–Crippen LogP) is -0.951. The minimum atomic E-state index is -1.96. The third-order valence-corrected chi connectivity index (χ3v) is 7.73. The van der Waals surface area contributed by atoms with Gasteiger partial charge in [0.1, 0.15) is 17.8 Å². The third kappa shape index (κ3) is 2.07. The lowest BCUT2D eigenvalue weighted by Crippen LogP contribution is -2.68. The van der Waals surface area contributed by atoms with Crippen molar-refractivity contribution >= 4 is 11.9 Å². The lowest BCUT2D eigenvalue weighted by Gasteiger charge is -2.54. The minimum Gasteiger partial charge on any atom is -0.455 e. The van der Waals surface area contributed by atoms with Crippen molar-refractivity contribution < 1.29 is 44.2 Å². The summed E-state index contributed by atoms with van der Waals surface area (Å²) < 4.78 is 16.8. The maximum Gasteiger partial charge on any atom is 0.337 e. The molecule has 0 aromatic rings. The predicted molar refractivity (Wildman–Crippen MR) is 96.2 cm³/mol. The smallest absolute Gasteiger partial charge is 0.337 e. The molecule has 0 bridgehead atoms. The molecule has 9 heteroatoms. The molecule has 2 fully saturated rings. The molecule has 4 aliphatic rings. The van der Waals surface area contributed by atoms with Gasteiger partial charge in [0.2, 0.25) is 0 Å². The molecule has 0 radical (unpaired) electrons. The van der Waals surface area contributed by atoms with E-state index in [1.54, 1.807) is 20.8 Å². The van der Waals surface area contributed by atoms with E-state index >= 15 is 0 Å². The van der Waals surface area contributed by atoms with Gasteiger partial charge in [-0.15, -0.1) is 0 Å². The second kappa shape index (κ2) is 6.01. The van der Waals surface area contributed by atoms with Crippen molar-refractivity contribution in [2.75, 3.05) is 7.11 Å². The van der Waals surface area contributed by atoms with E-state index in [1.807, 2.05) is 0 Å². The zero-order valence-electron chi connectivity index (χ0n) is 17.1. The summed E-state index contributed by atoms with van der Waals surface area (Å²) in [6, 6.07) is 0. The Morgan fingerprint density at radius 1 is 1.17 bits per heavy atom. The van der Waals surface area contributed by atoms with Crippen LogP contribution in [0.15, 0.2) is 11.1 Å². The summed E-state index contributed by atoms with van der Waals surface area (Å²) in [5.41, 5.74) is -4.71. The number of ether oxygens (including phenoxy) is 3. The lowest BCUT2D eigenvalue weighted by molar-refractivity contribution is -0.226. The molecule has 9 nitrogen and oxygen atoms in total. The number of fused-ring (bicyclic) bond motifs is 1. The van der Waals surface area contributed by atoms with Crippen molar-refractivity contribution in [1.29, 1.82) is 0 Å². The van der Waals surface area contributed by atoms with Gasteiger partial charge in [0, 0.05) is 13.5 Å². The van der Waals surface area contributed by atoms with Crippen molar-refractivity contribution in [3.63, 3.8) is 0 Å². The van der Waals surface area contributed by atoms with Gasteiger partial charge >= 0.3 is 11.9 Å². The van der Waals surface area contributed by atoms with Gasteiger partial charge in [-0.2, -0.15) is 0 Å². The van der Waals surface area contributed by atoms with Crippen LogP contribution in [0.2, 0.25) is 0 Å². The highest BCUT2D eigenvalue weighted by Gasteiger charge is 2.81. The fourth-order valence-electron chi connectivity index (χ4n) is 6.08. The van der Waals surface area contributed by atoms with Crippen LogP contribution in [-0.2, 0) is 23.8 Å². The fourth-order valence-corrected chi connectivity index (χ4v) is 6.08. The minimum absolute atomic E-state index is 0.0430. The van der Waals surface area contributed by atoms with Crippen molar-refractivity contribution in [3.8, 4) is 0 Å². The first kappa shape index (κ1) is 20.7. The average molecular weight is 412 g/mol. The molecule has 2 aliphatic heterocycles. The highest BCUT2D eigenvalue weighted by molar-refractivity contribution is 5.97. The standard InChI is InChI=1S/C20H28O9/c1-7(2)20(26)11-10-12(28-17(11)25)13(22)19(6-9(8(3)21)16(24)29-19)18(10,4)15(27-5)14(20)23/h7-9,12-15,21-23,26H,6H2,1-5H3. The lowest BCUT2D eigenvalue weighted by atomic mass is 9.56. The number of carbonyl (C=O) groups excluding carboxylic acids is 2. The van der Waals surface area contributed by atoms with Crippen molar-refractivity contribution in [1.82, 2.24) is 0 Å². The molecule has 4 rings (SSSR count). The Labute approximate surface area is 168 Å². The molecular formula is C20H28O9. The van der Waals surface area contributed by atoms with E-state index in [2.05, 4.69) is 0 Å². The van der Waals surface area contributed by atoms with Gasteiger partial charge in [0.05, 0.1) is 29.1 Å². The SMILES string of the molecule is COC1C(O)C(O)(C(C)C)C2=C3C(OC2=O)C(O)C2(CC(C(C)O)C(=O)O2)C31C. The van der Waals surface area contributed by atoms with Crippen LogP contribution in [-0.4, -0.2) is 81.2 Å². The van der Waals surface area contributed by atoms with E-state index in [9.17, 15) is 30.0 Å². The van der Waals surface area contributed by atoms with Crippen LogP contribution in [0.4, 0.5) is 0 Å². The third-order valence-electron chi connectivity index (χ3n) is 7.73. The summed E-state index contributed by atoms with van der Waals surface area (Å²) >= 11 is 0. The van der Waals surface area contributed by atoms with Crippen molar-refractivity contribution in [2.24, 2.45) is 17.3 Å². The quantitative estimate of drug-likeness (QED) is 0.431. The number of carbonyl (C=O) groups is 2. The highest BCUT2D eigenvalue weighted by atomic mass is 16.6. The van der Waals surface area contributed by atoms with E-state index < -0.39 is 70.9 Å². The molecule has 1 spiro atoms. The second-order valence-corrected chi connectivity index (χ2v) is 9.20. The number of esters is 2. The van der Waals surface area contributed by atoms with Crippen LogP contribution in [0.1, 0.15) is 34.1 Å². The number of aliphatic hydroxyl groups excluding tert-OH is 3. The molecule has 162 valence electrons. The monoisotopic (exact) mass is 412 g/mol. The number of methoxy groups -OCH3 is 1. The summed E-state index contributed by atoms with van der Waals surface area (Å²) in [7, 11) is 1.35. The van der Waals surface area contributed by atoms with E-state index in [-0.39, 0.29) is 12.0 Å². The van der Waals surface area contributed by atoms with E-state index in [0.29, 0.717) is 5.57 Å². The average Bonchev–Trinajstić information content (AvgIpc) is 3.22. The first-order valence-electron chi connectivity index (χ1n) is 9.87. The topological polar surface area (TPSA) is 143 Å². The number of aliphatic hydroxyl groups is 4. The van der Waals surface area contributed by atoms with Crippen molar-refractivity contribution in [2.45, 2.75) is 75.8 Å². The Balaban J connectivity index is 2.01. The van der Waals surface area contributed by atoms with Gasteiger partial charge in [0.15, 0.2) is 11.7 Å². The van der Waals surface area contributed by atoms with Crippen LogP contribution in [0.5, 0.6) is 0 Å². The highest BCUT2D eigenvalue weighted by Crippen LogP contribution is 2.67. The van der Waals surface area contributed by atoms with Gasteiger partial charge in [-0.05, 0) is 25.3 Å². The molecule has 29 heavy (non-hydrogen) atoms.